The average Bonchev–Trinajstić information content (AvgIpc) is 2.85. The van der Waals surface area contributed by atoms with Gasteiger partial charge in [-0.1, -0.05) is 13.3 Å². The minimum absolute atomic E-state index is 0.546. The fraction of sp³-hybridized carbons (Fsp3) is 0.692. The standard InChI is InChI=1S/C13H22N4S/c1-4-11-16-12(14-2)8-13(17-11)15-9-6-5-7-10(9)18-3/h8-10H,4-7H2,1-3H3,(H2,14,15,16,17). The molecule has 1 saturated carbocycles. The number of rotatable bonds is 5. The lowest BCUT2D eigenvalue weighted by Crippen LogP contribution is -2.26. The second-order valence-corrected chi connectivity index (χ2v) is 5.69. The number of aromatic nitrogens is 2. The van der Waals surface area contributed by atoms with E-state index in [1.165, 1.54) is 19.3 Å². The molecule has 2 N–H and O–H groups in total. The molecule has 2 rings (SSSR count). The molecule has 100 valence electrons. The van der Waals surface area contributed by atoms with Gasteiger partial charge in [-0.05, 0) is 19.1 Å². The van der Waals surface area contributed by atoms with E-state index < -0.39 is 0 Å². The molecule has 1 aliphatic rings. The molecule has 1 aliphatic carbocycles. The van der Waals surface area contributed by atoms with Crippen LogP contribution in [-0.4, -0.2) is 34.6 Å². The smallest absolute Gasteiger partial charge is 0.132 e. The minimum atomic E-state index is 0.546. The third-order valence-electron chi connectivity index (χ3n) is 3.43. The van der Waals surface area contributed by atoms with Crippen LogP contribution in [0.3, 0.4) is 0 Å². The summed E-state index contributed by atoms with van der Waals surface area (Å²) in [6, 6.07) is 2.54. The van der Waals surface area contributed by atoms with Gasteiger partial charge in [0.15, 0.2) is 0 Å². The fourth-order valence-electron chi connectivity index (χ4n) is 2.42. The largest absolute Gasteiger partial charge is 0.373 e. The predicted octanol–water partition coefficient (Wildman–Crippen LogP) is 2.78. The highest BCUT2D eigenvalue weighted by Gasteiger charge is 2.26. The van der Waals surface area contributed by atoms with Crippen molar-refractivity contribution in [3.05, 3.63) is 11.9 Å². The summed E-state index contributed by atoms with van der Waals surface area (Å²) < 4.78 is 0. The fourth-order valence-corrected chi connectivity index (χ4v) is 3.36. The molecular weight excluding hydrogens is 244 g/mol. The van der Waals surface area contributed by atoms with Crippen LogP contribution in [-0.2, 0) is 6.42 Å². The van der Waals surface area contributed by atoms with Gasteiger partial charge in [0.1, 0.15) is 17.5 Å². The maximum atomic E-state index is 4.56. The summed E-state index contributed by atoms with van der Waals surface area (Å²) in [5, 5.41) is 7.39. The molecule has 18 heavy (non-hydrogen) atoms. The zero-order valence-corrected chi connectivity index (χ0v) is 12.2. The molecule has 0 saturated heterocycles. The van der Waals surface area contributed by atoms with Crippen molar-refractivity contribution in [3.8, 4) is 0 Å². The van der Waals surface area contributed by atoms with Gasteiger partial charge < -0.3 is 10.6 Å². The van der Waals surface area contributed by atoms with Crippen molar-refractivity contribution >= 4 is 23.4 Å². The lowest BCUT2D eigenvalue weighted by atomic mass is 10.2. The first-order chi connectivity index (χ1) is 8.76. The van der Waals surface area contributed by atoms with Crippen LogP contribution in [0.15, 0.2) is 6.07 Å². The number of hydrogen-bond acceptors (Lipinski definition) is 5. The second kappa shape index (κ2) is 6.27. The van der Waals surface area contributed by atoms with E-state index in [1.807, 2.05) is 24.9 Å². The molecule has 1 heterocycles. The number of anilines is 2. The number of nitrogens with zero attached hydrogens (tertiary/aromatic N) is 2. The number of aryl methyl sites for hydroxylation is 1. The van der Waals surface area contributed by atoms with Gasteiger partial charge in [0, 0.05) is 30.8 Å². The molecule has 1 aromatic rings. The lowest BCUT2D eigenvalue weighted by Gasteiger charge is -2.20. The molecule has 1 aromatic heterocycles. The van der Waals surface area contributed by atoms with Crippen molar-refractivity contribution in [1.82, 2.24) is 9.97 Å². The summed E-state index contributed by atoms with van der Waals surface area (Å²) >= 11 is 1.96. The van der Waals surface area contributed by atoms with E-state index in [4.69, 9.17) is 0 Å². The van der Waals surface area contributed by atoms with E-state index in [0.29, 0.717) is 11.3 Å². The highest BCUT2D eigenvalue weighted by atomic mass is 32.2. The maximum Gasteiger partial charge on any atom is 0.132 e. The third kappa shape index (κ3) is 3.07. The summed E-state index contributed by atoms with van der Waals surface area (Å²) in [5.41, 5.74) is 0. The van der Waals surface area contributed by atoms with E-state index in [1.54, 1.807) is 0 Å². The molecule has 2 atom stereocenters. The summed E-state index contributed by atoms with van der Waals surface area (Å²) in [7, 11) is 1.89. The Kier molecular flexibility index (Phi) is 4.69. The van der Waals surface area contributed by atoms with Crippen LogP contribution >= 0.6 is 11.8 Å². The molecular formula is C13H22N4S. The van der Waals surface area contributed by atoms with Crippen LogP contribution in [0.1, 0.15) is 32.0 Å². The molecule has 0 bridgehead atoms. The highest BCUT2D eigenvalue weighted by molar-refractivity contribution is 7.99. The van der Waals surface area contributed by atoms with Crippen LogP contribution in [0.2, 0.25) is 0 Å². The van der Waals surface area contributed by atoms with Crippen LogP contribution < -0.4 is 10.6 Å². The van der Waals surface area contributed by atoms with Gasteiger partial charge in [-0.15, -0.1) is 0 Å². The normalized spacial score (nSPS) is 23.1. The van der Waals surface area contributed by atoms with Gasteiger partial charge in [0.05, 0.1) is 0 Å². The van der Waals surface area contributed by atoms with Gasteiger partial charge in [-0.2, -0.15) is 11.8 Å². The third-order valence-corrected chi connectivity index (χ3v) is 4.60. The summed E-state index contributed by atoms with van der Waals surface area (Å²) in [6.07, 6.45) is 6.92. The quantitative estimate of drug-likeness (QED) is 0.858. The Bertz CT molecular complexity index is 374. The maximum absolute atomic E-state index is 4.56. The van der Waals surface area contributed by atoms with Crippen LogP contribution in [0, 0.1) is 0 Å². The molecule has 0 aromatic carbocycles. The molecule has 0 radical (unpaired) electrons. The van der Waals surface area contributed by atoms with Gasteiger partial charge in [-0.3, -0.25) is 0 Å². The van der Waals surface area contributed by atoms with Crippen LogP contribution in [0.5, 0.6) is 0 Å². The topological polar surface area (TPSA) is 49.8 Å². The van der Waals surface area contributed by atoms with Crippen molar-refractivity contribution < 1.29 is 0 Å². The first-order valence-electron chi connectivity index (χ1n) is 6.61. The first kappa shape index (κ1) is 13.5. The van der Waals surface area contributed by atoms with Gasteiger partial charge in [0.2, 0.25) is 0 Å². The van der Waals surface area contributed by atoms with E-state index >= 15 is 0 Å². The molecule has 0 spiro atoms. The van der Waals surface area contributed by atoms with E-state index in [0.717, 1.165) is 23.9 Å². The Balaban J connectivity index is 2.12. The monoisotopic (exact) mass is 266 g/mol. The number of nitrogens with one attached hydrogen (secondary N) is 2. The SMILES string of the molecule is CCc1nc(NC)cc(NC2CCCC2SC)n1. The Morgan fingerprint density at radius 2 is 2.11 bits per heavy atom. The highest BCUT2D eigenvalue weighted by Crippen LogP contribution is 2.30. The van der Waals surface area contributed by atoms with E-state index in [9.17, 15) is 0 Å². The Hall–Kier alpha value is -0.970. The van der Waals surface area contributed by atoms with Gasteiger partial charge >= 0.3 is 0 Å². The average molecular weight is 266 g/mol. The first-order valence-corrected chi connectivity index (χ1v) is 7.90. The van der Waals surface area contributed by atoms with Gasteiger partial charge in [0.25, 0.3) is 0 Å². The summed E-state index contributed by atoms with van der Waals surface area (Å²) in [5.74, 6) is 2.74. The minimum Gasteiger partial charge on any atom is -0.373 e. The van der Waals surface area contributed by atoms with E-state index in [2.05, 4.69) is 33.8 Å². The van der Waals surface area contributed by atoms with Crippen molar-refractivity contribution in [3.63, 3.8) is 0 Å². The van der Waals surface area contributed by atoms with Crippen LogP contribution in [0.4, 0.5) is 11.6 Å². The Morgan fingerprint density at radius 3 is 2.78 bits per heavy atom. The molecule has 2 unspecified atom stereocenters. The second-order valence-electron chi connectivity index (χ2n) is 4.61. The molecule has 5 heteroatoms. The Labute approximate surface area is 113 Å². The summed E-state index contributed by atoms with van der Waals surface area (Å²) in [6.45, 7) is 2.08. The zero-order valence-electron chi connectivity index (χ0n) is 11.4. The predicted molar refractivity (Wildman–Crippen MR) is 79.5 cm³/mol. The Morgan fingerprint density at radius 1 is 1.33 bits per heavy atom. The van der Waals surface area contributed by atoms with Crippen molar-refractivity contribution in [2.45, 2.75) is 43.9 Å². The van der Waals surface area contributed by atoms with Crippen molar-refractivity contribution in [2.75, 3.05) is 23.9 Å². The lowest BCUT2D eigenvalue weighted by molar-refractivity contribution is 0.759. The molecule has 1 fully saturated rings. The number of hydrogen-bond donors (Lipinski definition) is 2. The zero-order chi connectivity index (χ0) is 13.0. The van der Waals surface area contributed by atoms with Crippen molar-refractivity contribution in [2.24, 2.45) is 0 Å². The van der Waals surface area contributed by atoms with Gasteiger partial charge in [-0.25, -0.2) is 9.97 Å². The van der Waals surface area contributed by atoms with Crippen LogP contribution in [0.25, 0.3) is 0 Å². The van der Waals surface area contributed by atoms with Crippen molar-refractivity contribution in [1.29, 1.82) is 0 Å². The molecule has 0 aliphatic heterocycles. The summed E-state index contributed by atoms with van der Waals surface area (Å²) in [4.78, 5) is 8.98. The molecule has 4 nitrogen and oxygen atoms in total. The molecule has 0 amide bonds. The van der Waals surface area contributed by atoms with E-state index in [-0.39, 0.29) is 0 Å². The number of thioether (sulfide) groups is 1.